The smallest absolute Gasteiger partial charge is 0.220 e. The molecule has 128 valence electrons. The number of likely N-dealkylation sites (N-methyl/N-ethyl adjacent to an activating group) is 1. The second-order valence-electron chi connectivity index (χ2n) is 6.07. The summed E-state index contributed by atoms with van der Waals surface area (Å²) in [5.74, 6) is 0.0452. The van der Waals surface area contributed by atoms with Gasteiger partial charge in [0.15, 0.2) is 0 Å². The monoisotopic (exact) mass is 321 g/mol. The molecule has 0 aliphatic carbocycles. The van der Waals surface area contributed by atoms with E-state index >= 15 is 0 Å². The van der Waals surface area contributed by atoms with E-state index in [-0.39, 0.29) is 18.1 Å². The van der Waals surface area contributed by atoms with Crippen LogP contribution >= 0.6 is 0 Å². The summed E-state index contributed by atoms with van der Waals surface area (Å²) >= 11 is 0. The fourth-order valence-electron chi connectivity index (χ4n) is 2.49. The fraction of sp³-hybridized carbons (Fsp3) is 0.647. The van der Waals surface area contributed by atoms with Crippen molar-refractivity contribution < 1.29 is 14.3 Å². The maximum absolute atomic E-state index is 12.2. The van der Waals surface area contributed by atoms with Crippen molar-refractivity contribution in [2.24, 2.45) is 0 Å². The minimum atomic E-state index is -0.0671. The molecular weight excluding hydrogens is 294 g/mol. The van der Waals surface area contributed by atoms with Gasteiger partial charge in [0.1, 0.15) is 6.10 Å². The van der Waals surface area contributed by atoms with Gasteiger partial charge in [0.2, 0.25) is 5.91 Å². The summed E-state index contributed by atoms with van der Waals surface area (Å²) in [6.07, 6.45) is 3.57. The van der Waals surface area contributed by atoms with Crippen LogP contribution in [0.4, 0.5) is 0 Å². The summed E-state index contributed by atoms with van der Waals surface area (Å²) < 4.78 is 11.4. The summed E-state index contributed by atoms with van der Waals surface area (Å²) in [6, 6.07) is 5.78. The van der Waals surface area contributed by atoms with Crippen molar-refractivity contribution in [3.05, 3.63) is 30.1 Å². The zero-order valence-electron chi connectivity index (χ0n) is 14.0. The minimum Gasteiger partial charge on any atom is -0.379 e. The number of carbonyl (C=O) groups is 1. The molecule has 1 saturated heterocycles. The van der Waals surface area contributed by atoms with E-state index in [0.717, 1.165) is 18.7 Å². The Morgan fingerprint density at radius 1 is 1.48 bits per heavy atom. The summed E-state index contributed by atoms with van der Waals surface area (Å²) in [4.78, 5) is 18.5. The average Bonchev–Trinajstić information content (AvgIpc) is 2.55. The van der Waals surface area contributed by atoms with Crippen molar-refractivity contribution in [1.29, 1.82) is 0 Å². The predicted octanol–water partition coefficient (Wildman–Crippen LogP) is 0.866. The Morgan fingerprint density at radius 3 is 3.09 bits per heavy atom. The SMILES string of the molecule is CN(C)CCO[C@@H]1COCC[C@H]1NC(=O)CCc1ccccn1. The first-order valence-electron chi connectivity index (χ1n) is 8.18. The Labute approximate surface area is 138 Å². The number of nitrogens with one attached hydrogen (secondary N) is 1. The minimum absolute atomic E-state index is 0.0298. The molecule has 2 rings (SSSR count). The highest BCUT2D eigenvalue weighted by Gasteiger charge is 2.27. The first-order chi connectivity index (χ1) is 11.1. The molecule has 1 aromatic heterocycles. The van der Waals surface area contributed by atoms with Gasteiger partial charge in [-0.25, -0.2) is 0 Å². The molecule has 0 bridgehead atoms. The van der Waals surface area contributed by atoms with Crippen LogP contribution in [0.2, 0.25) is 0 Å². The summed E-state index contributed by atoms with van der Waals surface area (Å²) in [5.41, 5.74) is 0.938. The molecule has 1 aliphatic rings. The van der Waals surface area contributed by atoms with Gasteiger partial charge in [0.05, 0.1) is 19.3 Å². The summed E-state index contributed by atoms with van der Waals surface area (Å²) in [7, 11) is 4.02. The van der Waals surface area contributed by atoms with Gasteiger partial charge < -0.3 is 19.7 Å². The molecule has 6 nitrogen and oxygen atoms in total. The van der Waals surface area contributed by atoms with Crippen LogP contribution in [0.5, 0.6) is 0 Å². The lowest BCUT2D eigenvalue weighted by Gasteiger charge is -2.32. The van der Waals surface area contributed by atoms with Crippen LogP contribution in [-0.2, 0) is 20.7 Å². The number of aromatic nitrogens is 1. The van der Waals surface area contributed by atoms with Crippen LogP contribution in [-0.4, -0.2) is 68.4 Å². The third kappa shape index (κ3) is 6.64. The van der Waals surface area contributed by atoms with Gasteiger partial charge in [-0.05, 0) is 39.1 Å². The van der Waals surface area contributed by atoms with Crippen LogP contribution < -0.4 is 5.32 Å². The third-order valence-electron chi connectivity index (χ3n) is 3.86. The molecule has 23 heavy (non-hydrogen) atoms. The largest absolute Gasteiger partial charge is 0.379 e. The highest BCUT2D eigenvalue weighted by atomic mass is 16.5. The van der Waals surface area contributed by atoms with Crippen LogP contribution in [0.3, 0.4) is 0 Å². The number of amides is 1. The first kappa shape index (κ1) is 17.8. The molecule has 1 aromatic rings. The summed E-state index contributed by atoms with van der Waals surface area (Å²) in [6.45, 7) is 2.70. The van der Waals surface area contributed by atoms with E-state index in [1.165, 1.54) is 0 Å². The second-order valence-corrected chi connectivity index (χ2v) is 6.07. The van der Waals surface area contributed by atoms with Gasteiger partial charge >= 0.3 is 0 Å². The van der Waals surface area contributed by atoms with E-state index in [4.69, 9.17) is 9.47 Å². The highest BCUT2D eigenvalue weighted by Crippen LogP contribution is 2.12. The molecule has 2 heterocycles. The third-order valence-corrected chi connectivity index (χ3v) is 3.86. The average molecular weight is 321 g/mol. The number of nitrogens with zero attached hydrogens (tertiary/aromatic N) is 2. The lowest BCUT2D eigenvalue weighted by molar-refractivity contribution is -0.126. The van der Waals surface area contributed by atoms with E-state index in [1.54, 1.807) is 6.20 Å². The van der Waals surface area contributed by atoms with Crippen molar-refractivity contribution in [3.63, 3.8) is 0 Å². The first-order valence-corrected chi connectivity index (χ1v) is 8.18. The number of ether oxygens (including phenoxy) is 2. The van der Waals surface area contributed by atoms with Crippen molar-refractivity contribution >= 4 is 5.91 Å². The number of hydrogen-bond acceptors (Lipinski definition) is 5. The molecule has 1 N–H and O–H groups in total. The molecule has 2 atom stereocenters. The molecule has 1 aliphatic heterocycles. The quantitative estimate of drug-likeness (QED) is 0.770. The molecule has 1 fully saturated rings. The maximum atomic E-state index is 12.2. The van der Waals surface area contributed by atoms with E-state index in [1.807, 2.05) is 32.3 Å². The summed E-state index contributed by atoms with van der Waals surface area (Å²) in [5, 5.41) is 3.09. The van der Waals surface area contributed by atoms with Crippen molar-refractivity contribution in [2.75, 3.05) is 40.5 Å². The Kier molecular flexibility index (Phi) is 7.45. The Hall–Kier alpha value is -1.50. The lowest BCUT2D eigenvalue weighted by atomic mass is 10.1. The highest BCUT2D eigenvalue weighted by molar-refractivity contribution is 5.76. The van der Waals surface area contributed by atoms with Crippen molar-refractivity contribution in [2.45, 2.75) is 31.4 Å². The van der Waals surface area contributed by atoms with Gasteiger partial charge in [-0.15, -0.1) is 0 Å². The number of aryl methyl sites for hydroxylation is 1. The molecular formula is C17H27N3O3. The Balaban J connectivity index is 1.75. The van der Waals surface area contributed by atoms with Gasteiger partial charge in [0.25, 0.3) is 0 Å². The molecule has 0 saturated carbocycles. The van der Waals surface area contributed by atoms with E-state index in [2.05, 4.69) is 15.2 Å². The predicted molar refractivity (Wildman–Crippen MR) is 88.2 cm³/mol. The number of rotatable bonds is 8. The molecule has 1 amide bonds. The van der Waals surface area contributed by atoms with E-state index < -0.39 is 0 Å². The van der Waals surface area contributed by atoms with Gasteiger partial charge in [-0.3, -0.25) is 9.78 Å². The van der Waals surface area contributed by atoms with Crippen LogP contribution in [0.15, 0.2) is 24.4 Å². The zero-order chi connectivity index (χ0) is 16.5. The van der Waals surface area contributed by atoms with E-state index in [0.29, 0.717) is 32.7 Å². The normalized spacial score (nSPS) is 21.3. The Bertz CT molecular complexity index is 467. The van der Waals surface area contributed by atoms with Crippen LogP contribution in [0.25, 0.3) is 0 Å². The molecule has 6 heteroatoms. The number of pyridine rings is 1. The van der Waals surface area contributed by atoms with Gasteiger partial charge in [-0.1, -0.05) is 6.07 Å². The standard InChI is InChI=1S/C17H27N3O3/c1-20(2)10-12-23-16-13-22-11-8-15(16)19-17(21)7-6-14-5-3-4-9-18-14/h3-5,9,15-16H,6-8,10-13H2,1-2H3,(H,19,21)/t15-,16-/m1/s1. The molecule has 0 spiro atoms. The van der Waals surface area contributed by atoms with Crippen LogP contribution in [0.1, 0.15) is 18.5 Å². The zero-order valence-corrected chi connectivity index (χ0v) is 14.0. The second kappa shape index (κ2) is 9.60. The topological polar surface area (TPSA) is 63.7 Å². The molecule has 0 unspecified atom stereocenters. The maximum Gasteiger partial charge on any atom is 0.220 e. The van der Waals surface area contributed by atoms with E-state index in [9.17, 15) is 4.79 Å². The van der Waals surface area contributed by atoms with Crippen molar-refractivity contribution in [3.8, 4) is 0 Å². The van der Waals surface area contributed by atoms with Crippen molar-refractivity contribution in [1.82, 2.24) is 15.2 Å². The number of carbonyl (C=O) groups excluding carboxylic acids is 1. The molecule has 0 radical (unpaired) electrons. The lowest BCUT2D eigenvalue weighted by Crippen LogP contribution is -2.50. The van der Waals surface area contributed by atoms with Crippen LogP contribution in [0, 0.1) is 0 Å². The Morgan fingerprint density at radius 2 is 2.35 bits per heavy atom. The van der Waals surface area contributed by atoms with Gasteiger partial charge in [-0.2, -0.15) is 0 Å². The fourth-order valence-corrected chi connectivity index (χ4v) is 2.49. The number of hydrogen-bond donors (Lipinski definition) is 1. The van der Waals surface area contributed by atoms with Gasteiger partial charge in [0, 0.05) is 31.5 Å². The molecule has 0 aromatic carbocycles.